The van der Waals surface area contributed by atoms with Gasteiger partial charge in [0.2, 0.25) is 5.91 Å². The summed E-state index contributed by atoms with van der Waals surface area (Å²) < 4.78 is 0. The van der Waals surface area contributed by atoms with Gasteiger partial charge >= 0.3 is 0 Å². The zero-order chi connectivity index (χ0) is 13.4. The van der Waals surface area contributed by atoms with E-state index in [-0.39, 0.29) is 22.9 Å². The first kappa shape index (κ1) is 13.8. The molecule has 0 aliphatic carbocycles. The van der Waals surface area contributed by atoms with Crippen LogP contribution < -0.4 is 16.0 Å². The molecule has 18 heavy (non-hydrogen) atoms. The second-order valence-electron chi connectivity index (χ2n) is 7.20. The molecule has 0 aromatic heterocycles. The molecule has 4 heteroatoms. The van der Waals surface area contributed by atoms with Crippen LogP contribution in [-0.2, 0) is 4.79 Å². The molecule has 2 fully saturated rings. The minimum atomic E-state index is 0.0909. The van der Waals surface area contributed by atoms with Crippen LogP contribution in [0.2, 0.25) is 0 Å². The number of amides is 1. The molecule has 0 bridgehead atoms. The van der Waals surface area contributed by atoms with Gasteiger partial charge in [-0.3, -0.25) is 4.79 Å². The van der Waals surface area contributed by atoms with Gasteiger partial charge in [0.25, 0.3) is 0 Å². The molecule has 2 heterocycles. The lowest BCUT2D eigenvalue weighted by atomic mass is 9.79. The first-order valence-corrected chi connectivity index (χ1v) is 7.08. The van der Waals surface area contributed by atoms with Crippen molar-refractivity contribution in [2.24, 2.45) is 5.92 Å². The minimum Gasteiger partial charge on any atom is -0.353 e. The predicted octanol–water partition coefficient (Wildman–Crippen LogP) is 1.02. The molecule has 2 saturated heterocycles. The lowest BCUT2D eigenvalue weighted by Gasteiger charge is -2.46. The van der Waals surface area contributed by atoms with Crippen LogP contribution in [0.5, 0.6) is 0 Å². The fraction of sp³-hybridized carbons (Fsp3) is 0.929. The van der Waals surface area contributed by atoms with Crippen LogP contribution in [0.1, 0.15) is 47.0 Å². The molecule has 2 aliphatic heterocycles. The van der Waals surface area contributed by atoms with Crippen molar-refractivity contribution in [1.29, 1.82) is 0 Å². The molecule has 1 unspecified atom stereocenters. The van der Waals surface area contributed by atoms with Gasteiger partial charge in [0.1, 0.15) is 0 Å². The molecule has 2 aliphatic rings. The summed E-state index contributed by atoms with van der Waals surface area (Å²) >= 11 is 0. The van der Waals surface area contributed by atoms with Gasteiger partial charge in [-0.15, -0.1) is 0 Å². The first-order chi connectivity index (χ1) is 8.27. The van der Waals surface area contributed by atoms with Crippen molar-refractivity contribution in [3.8, 4) is 0 Å². The van der Waals surface area contributed by atoms with Gasteiger partial charge in [0, 0.05) is 23.7 Å². The summed E-state index contributed by atoms with van der Waals surface area (Å²) in [6.07, 6.45) is 2.98. The van der Waals surface area contributed by atoms with Crippen LogP contribution in [0.15, 0.2) is 0 Å². The largest absolute Gasteiger partial charge is 0.353 e. The summed E-state index contributed by atoms with van der Waals surface area (Å²) in [5, 5.41) is 10.1. The Kier molecular flexibility index (Phi) is 3.70. The number of rotatable bonds is 2. The lowest BCUT2D eigenvalue weighted by molar-refractivity contribution is -0.125. The zero-order valence-electron chi connectivity index (χ0n) is 12.1. The molecule has 1 atom stereocenters. The van der Waals surface area contributed by atoms with Gasteiger partial charge in [-0.2, -0.15) is 0 Å². The molecule has 2 rings (SSSR count). The third-order valence-corrected chi connectivity index (χ3v) is 3.97. The van der Waals surface area contributed by atoms with Crippen LogP contribution in [0.25, 0.3) is 0 Å². The molecule has 0 spiro atoms. The van der Waals surface area contributed by atoms with Crippen LogP contribution in [0.4, 0.5) is 0 Å². The molecular formula is C14H27N3O. The Balaban J connectivity index is 1.94. The van der Waals surface area contributed by atoms with E-state index in [2.05, 4.69) is 43.6 Å². The highest BCUT2D eigenvalue weighted by Gasteiger charge is 2.38. The van der Waals surface area contributed by atoms with Crippen molar-refractivity contribution < 1.29 is 4.79 Å². The molecule has 0 radical (unpaired) electrons. The summed E-state index contributed by atoms with van der Waals surface area (Å²) in [5.41, 5.74) is 0.182. The van der Waals surface area contributed by atoms with Crippen molar-refractivity contribution in [3.05, 3.63) is 0 Å². The number of carbonyl (C=O) groups is 1. The predicted molar refractivity (Wildman–Crippen MR) is 73.4 cm³/mol. The summed E-state index contributed by atoms with van der Waals surface area (Å²) in [4.78, 5) is 12.2. The van der Waals surface area contributed by atoms with Gasteiger partial charge in [-0.05, 0) is 53.5 Å². The topological polar surface area (TPSA) is 53.2 Å². The van der Waals surface area contributed by atoms with Gasteiger partial charge in [0.05, 0.1) is 5.92 Å². The summed E-state index contributed by atoms with van der Waals surface area (Å²) in [6.45, 7) is 10.7. The SMILES string of the molecule is CC1(C)CC(NC(=O)C2CCNC2)CC(C)(C)N1. The number of piperidine rings is 1. The molecule has 3 N–H and O–H groups in total. The fourth-order valence-electron chi connectivity index (χ4n) is 3.62. The average Bonchev–Trinajstić information content (AvgIpc) is 2.63. The number of hydrogen-bond acceptors (Lipinski definition) is 3. The third-order valence-electron chi connectivity index (χ3n) is 3.97. The summed E-state index contributed by atoms with van der Waals surface area (Å²) in [5.74, 6) is 0.407. The molecule has 0 aromatic rings. The normalized spacial score (nSPS) is 31.2. The minimum absolute atomic E-state index is 0.0909. The van der Waals surface area contributed by atoms with E-state index in [0.29, 0.717) is 6.04 Å². The Morgan fingerprint density at radius 3 is 2.28 bits per heavy atom. The van der Waals surface area contributed by atoms with E-state index in [1.54, 1.807) is 0 Å². The van der Waals surface area contributed by atoms with E-state index in [1.165, 1.54) is 0 Å². The van der Waals surface area contributed by atoms with Crippen molar-refractivity contribution in [2.75, 3.05) is 13.1 Å². The highest BCUT2D eigenvalue weighted by atomic mass is 16.2. The maximum atomic E-state index is 12.2. The highest BCUT2D eigenvalue weighted by molar-refractivity contribution is 5.79. The fourth-order valence-corrected chi connectivity index (χ4v) is 3.62. The Hall–Kier alpha value is -0.610. The molecule has 4 nitrogen and oxygen atoms in total. The van der Waals surface area contributed by atoms with Crippen LogP contribution in [0.3, 0.4) is 0 Å². The molecule has 104 valence electrons. The highest BCUT2D eigenvalue weighted by Crippen LogP contribution is 2.28. The Morgan fingerprint density at radius 1 is 1.17 bits per heavy atom. The third kappa shape index (κ3) is 3.45. The average molecular weight is 253 g/mol. The smallest absolute Gasteiger partial charge is 0.224 e. The zero-order valence-corrected chi connectivity index (χ0v) is 12.1. The molecule has 1 amide bonds. The van der Waals surface area contributed by atoms with E-state index in [0.717, 1.165) is 32.4 Å². The standard InChI is InChI=1S/C14H27N3O/c1-13(2)7-11(8-14(3,4)17-13)16-12(18)10-5-6-15-9-10/h10-11,15,17H,5-9H2,1-4H3,(H,16,18). The van der Waals surface area contributed by atoms with Gasteiger partial charge < -0.3 is 16.0 Å². The number of nitrogens with one attached hydrogen (secondary N) is 3. The van der Waals surface area contributed by atoms with Gasteiger partial charge in [-0.25, -0.2) is 0 Å². The van der Waals surface area contributed by atoms with Crippen molar-refractivity contribution >= 4 is 5.91 Å². The maximum absolute atomic E-state index is 12.2. The monoisotopic (exact) mass is 253 g/mol. The van der Waals surface area contributed by atoms with E-state index >= 15 is 0 Å². The van der Waals surface area contributed by atoms with Gasteiger partial charge in [0.15, 0.2) is 0 Å². The molecule has 0 saturated carbocycles. The first-order valence-electron chi connectivity index (χ1n) is 7.08. The quantitative estimate of drug-likeness (QED) is 0.689. The van der Waals surface area contributed by atoms with Crippen LogP contribution in [-0.4, -0.2) is 36.1 Å². The Labute approximate surface area is 110 Å². The summed E-state index contributed by atoms with van der Waals surface area (Å²) in [7, 11) is 0. The van der Waals surface area contributed by atoms with E-state index in [1.807, 2.05) is 0 Å². The number of carbonyl (C=O) groups excluding carboxylic acids is 1. The van der Waals surface area contributed by atoms with E-state index < -0.39 is 0 Å². The maximum Gasteiger partial charge on any atom is 0.224 e. The summed E-state index contributed by atoms with van der Waals surface area (Å²) in [6, 6.07) is 0.296. The van der Waals surface area contributed by atoms with E-state index in [4.69, 9.17) is 0 Å². The van der Waals surface area contributed by atoms with Crippen molar-refractivity contribution in [3.63, 3.8) is 0 Å². The lowest BCUT2D eigenvalue weighted by Crippen LogP contribution is -2.62. The number of hydrogen-bond donors (Lipinski definition) is 3. The van der Waals surface area contributed by atoms with Gasteiger partial charge in [-0.1, -0.05) is 0 Å². The van der Waals surface area contributed by atoms with Crippen LogP contribution >= 0.6 is 0 Å². The second-order valence-corrected chi connectivity index (χ2v) is 7.20. The molecule has 0 aromatic carbocycles. The second kappa shape index (κ2) is 4.82. The van der Waals surface area contributed by atoms with Crippen molar-refractivity contribution in [2.45, 2.75) is 64.1 Å². The van der Waals surface area contributed by atoms with Crippen LogP contribution in [0, 0.1) is 5.92 Å². The Morgan fingerprint density at radius 2 is 1.78 bits per heavy atom. The van der Waals surface area contributed by atoms with Crippen molar-refractivity contribution in [1.82, 2.24) is 16.0 Å². The van der Waals surface area contributed by atoms with E-state index in [9.17, 15) is 4.79 Å². The molecular weight excluding hydrogens is 226 g/mol. The Bertz CT molecular complexity index is 303.